The summed E-state index contributed by atoms with van der Waals surface area (Å²) in [5, 5.41) is 18.5. The topological polar surface area (TPSA) is 95.5 Å². The van der Waals surface area contributed by atoms with Crippen molar-refractivity contribution >= 4 is 39.6 Å². The van der Waals surface area contributed by atoms with Crippen LogP contribution in [0.25, 0.3) is 11.1 Å². The molecule has 0 fully saturated rings. The maximum absolute atomic E-state index is 7.65. The van der Waals surface area contributed by atoms with E-state index in [1.54, 1.807) is 24.3 Å². The van der Waals surface area contributed by atoms with Crippen LogP contribution in [0.3, 0.4) is 0 Å². The third-order valence-corrected chi connectivity index (χ3v) is 12.7. The Bertz CT molecular complexity index is 2990. The average molecular weight is 907 g/mol. The number of rotatable bonds is 13. The fraction of sp³-hybridized carbons (Fsp3) is 0.263. The predicted octanol–water partition coefficient (Wildman–Crippen LogP) is 6.76. The number of anilines is 2. The minimum atomic E-state index is 0.0148. The van der Waals surface area contributed by atoms with Crippen LogP contribution in [0.15, 0.2) is 185 Å². The smallest absolute Gasteiger partial charge is 0.253 e. The van der Waals surface area contributed by atoms with Gasteiger partial charge >= 0.3 is 0 Å². The maximum Gasteiger partial charge on any atom is 0.253 e. The van der Waals surface area contributed by atoms with Crippen molar-refractivity contribution in [3.05, 3.63) is 203 Å². The number of hydrogen-bond donors (Lipinski definition) is 1. The van der Waals surface area contributed by atoms with Crippen molar-refractivity contribution in [3.8, 4) is 5.75 Å². The van der Waals surface area contributed by atoms with Gasteiger partial charge in [-0.3, -0.25) is 9.89 Å². The molecule has 11 heteroatoms. The number of hydrogen-bond acceptors (Lipinski definition) is 6. The van der Waals surface area contributed by atoms with E-state index in [4.69, 9.17) is 10.1 Å². The zero-order chi connectivity index (χ0) is 47.7. The molecule has 1 aliphatic heterocycles. The van der Waals surface area contributed by atoms with Gasteiger partial charge in [-0.1, -0.05) is 68.5 Å². The second-order valence-electron chi connectivity index (χ2n) is 17.6. The average Bonchev–Trinajstić information content (AvgIpc) is 3.78. The third kappa shape index (κ3) is 10.7. The highest BCUT2D eigenvalue weighted by Crippen LogP contribution is 2.37. The number of benzene rings is 5. The Kier molecular flexibility index (Phi) is 14.8. The fourth-order valence-electron chi connectivity index (χ4n) is 9.00. The van der Waals surface area contributed by atoms with Crippen molar-refractivity contribution in [2.24, 2.45) is 22.3 Å². The number of aryl methyl sites for hydroxylation is 1. The van der Waals surface area contributed by atoms with Gasteiger partial charge in [0.1, 0.15) is 30.8 Å². The zero-order valence-electron chi connectivity index (χ0n) is 40.8. The molecule has 11 nitrogen and oxygen atoms in total. The number of azo groups is 1. The number of nitrogens with zero attached hydrogens (tertiary/aromatic N) is 9. The molecule has 0 saturated carbocycles. The minimum absolute atomic E-state index is 0.0148. The van der Waals surface area contributed by atoms with Gasteiger partial charge in [-0.15, -0.1) is 0 Å². The number of nitrogens with one attached hydrogen (secondary N) is 1. The van der Waals surface area contributed by atoms with E-state index < -0.39 is 0 Å². The van der Waals surface area contributed by atoms with Gasteiger partial charge in [-0.2, -0.15) is 14.8 Å². The molecule has 68 heavy (non-hydrogen) atoms. The van der Waals surface area contributed by atoms with E-state index >= 15 is 0 Å². The van der Waals surface area contributed by atoms with Crippen molar-refractivity contribution < 1.29 is 14.7 Å². The Balaban J connectivity index is 0.000000185. The first kappa shape index (κ1) is 47.0. The monoisotopic (exact) mass is 907 g/mol. The van der Waals surface area contributed by atoms with Crippen LogP contribution in [0.1, 0.15) is 43.0 Å². The SMILES string of the molecule is CCN(CC)C1C=CC2N=c3ccc(N=Nc4ccc([OH2+])cc4)cc3=[N+](CCn3cc[n+](C)c3)C2=C1.CC[NH+]=C1C=CC(=C(c2ccc(N(C)C)cc2)c2ccc(N(C)C)cc2)c2ccccc21. The molecule has 3 N–H and O–H groups in total. The molecule has 5 aromatic carbocycles. The normalized spacial score (nSPS) is 16.4. The Morgan fingerprint density at radius 2 is 1.38 bits per heavy atom. The standard InChI is InChI=1S/C29H31N3.C28H32N7O/c1-6-30-28-20-19-27(25-9-7-8-10-26(25)28)29(21-11-15-23(16-12-21)31(2)3)22-13-17-24(18-14-22)32(4)5;1-4-34(5-2)23-9-13-26-28(19-23)35(17-16-33-15-14-32(3)20-33)27-18-22(8-12-25(27)29-26)31-30-21-6-10-24(36)11-7-21/h7-20H,6H2,1-5H3;6-15,18-20,23,26H,4-5,16-17H2,1-3H3/q;+1/p+3. The van der Waals surface area contributed by atoms with Crippen molar-refractivity contribution in [1.29, 1.82) is 0 Å². The van der Waals surface area contributed by atoms with Crippen LogP contribution in [0.4, 0.5) is 22.7 Å². The van der Waals surface area contributed by atoms with Crippen LogP contribution in [-0.4, -0.2) is 86.7 Å². The molecule has 0 amide bonds. The van der Waals surface area contributed by atoms with Crippen molar-refractivity contribution in [2.45, 2.75) is 39.4 Å². The molecule has 2 aliphatic carbocycles. The second kappa shape index (κ2) is 21.4. The lowest BCUT2D eigenvalue weighted by molar-refractivity contribution is -0.671. The summed E-state index contributed by atoms with van der Waals surface area (Å²) in [6.45, 7) is 11.1. The fourth-order valence-corrected chi connectivity index (χ4v) is 9.00. The summed E-state index contributed by atoms with van der Waals surface area (Å²) in [4.78, 5) is 15.3. The van der Waals surface area contributed by atoms with Gasteiger partial charge in [0.2, 0.25) is 23.1 Å². The molecule has 3 aliphatic rings. The number of likely N-dealkylation sites (N-methyl/N-ethyl adjacent to an activating group) is 1. The molecule has 9 rings (SSSR count). The lowest BCUT2D eigenvalue weighted by atomic mass is 9.83. The third-order valence-electron chi connectivity index (χ3n) is 12.7. The Morgan fingerprint density at radius 1 is 0.750 bits per heavy atom. The van der Waals surface area contributed by atoms with E-state index in [0.717, 1.165) is 54.8 Å². The lowest BCUT2D eigenvalue weighted by Crippen LogP contribution is -2.72. The number of fused-ring (bicyclic) bond motifs is 3. The highest BCUT2D eigenvalue weighted by molar-refractivity contribution is 6.17. The van der Waals surface area contributed by atoms with Crippen molar-refractivity contribution in [3.63, 3.8) is 0 Å². The molecule has 2 heterocycles. The second-order valence-corrected chi connectivity index (χ2v) is 17.6. The summed E-state index contributed by atoms with van der Waals surface area (Å²) in [6.07, 6.45) is 17.6. The Hall–Kier alpha value is -7.50. The van der Waals surface area contributed by atoms with Crippen LogP contribution < -0.4 is 34.6 Å². The largest absolute Gasteiger partial charge is 0.593 e. The first-order valence-electron chi connectivity index (χ1n) is 23.7. The zero-order valence-corrected chi connectivity index (χ0v) is 40.8. The maximum atomic E-state index is 7.65. The van der Waals surface area contributed by atoms with Crippen LogP contribution in [0, 0.1) is 0 Å². The van der Waals surface area contributed by atoms with Gasteiger partial charge in [0.05, 0.1) is 30.0 Å². The molecule has 2 unspecified atom stereocenters. The van der Waals surface area contributed by atoms with Gasteiger partial charge in [0, 0.05) is 69.9 Å². The lowest BCUT2D eigenvalue weighted by Gasteiger charge is -2.28. The van der Waals surface area contributed by atoms with E-state index in [1.807, 2.05) is 19.2 Å². The molecule has 0 radical (unpaired) electrons. The summed E-state index contributed by atoms with van der Waals surface area (Å²) in [5.41, 5.74) is 13.7. The first-order valence-corrected chi connectivity index (χ1v) is 23.7. The van der Waals surface area contributed by atoms with Crippen LogP contribution in [0.2, 0.25) is 0 Å². The van der Waals surface area contributed by atoms with E-state index in [1.165, 1.54) is 56.2 Å². The van der Waals surface area contributed by atoms with E-state index in [2.05, 4.69) is 221 Å². The predicted molar refractivity (Wildman–Crippen MR) is 279 cm³/mol. The highest BCUT2D eigenvalue weighted by Gasteiger charge is 2.32. The molecule has 6 aromatic rings. The van der Waals surface area contributed by atoms with Gasteiger partial charge in [0.25, 0.3) is 5.75 Å². The summed E-state index contributed by atoms with van der Waals surface area (Å²) in [5.74, 6) is 0.462. The number of imidazole rings is 1. The summed E-state index contributed by atoms with van der Waals surface area (Å²) < 4.78 is 6.68. The molecular formula is C57H66N10O+4. The summed E-state index contributed by atoms with van der Waals surface area (Å²) >= 11 is 0. The molecular weight excluding hydrogens is 841 g/mol. The minimum Gasteiger partial charge on any atom is -0.593 e. The van der Waals surface area contributed by atoms with Crippen molar-refractivity contribution in [2.75, 3.05) is 64.2 Å². The van der Waals surface area contributed by atoms with Crippen LogP contribution >= 0.6 is 0 Å². The molecule has 346 valence electrons. The summed E-state index contributed by atoms with van der Waals surface area (Å²) in [6, 6.07) is 39.8. The molecule has 0 spiro atoms. The van der Waals surface area contributed by atoms with Gasteiger partial charge in [-0.05, 0) is 109 Å². The van der Waals surface area contributed by atoms with E-state index in [9.17, 15) is 0 Å². The Labute approximate surface area is 401 Å². The van der Waals surface area contributed by atoms with Crippen LogP contribution in [-0.2, 0) is 13.6 Å². The van der Waals surface area contributed by atoms with Gasteiger partial charge in [-0.25, -0.2) is 14.1 Å². The first-order chi connectivity index (χ1) is 33.0. The quantitative estimate of drug-likeness (QED) is 0.0601. The number of allylic oxidation sites excluding steroid dienone is 3. The Morgan fingerprint density at radius 3 is 1.99 bits per heavy atom. The molecule has 2 atom stereocenters. The van der Waals surface area contributed by atoms with Gasteiger partial charge in [0.15, 0.2) is 12.6 Å². The molecule has 0 bridgehead atoms. The van der Waals surface area contributed by atoms with Crippen LogP contribution in [0.5, 0.6) is 5.75 Å². The van der Waals surface area contributed by atoms with E-state index in [-0.39, 0.29) is 12.1 Å². The van der Waals surface area contributed by atoms with E-state index in [0.29, 0.717) is 5.75 Å². The highest BCUT2D eigenvalue weighted by atomic mass is 16.3. The summed E-state index contributed by atoms with van der Waals surface area (Å²) in [7, 11) is 10.3. The number of aromatic nitrogens is 2. The van der Waals surface area contributed by atoms with Crippen molar-refractivity contribution in [1.82, 2.24) is 14.0 Å². The van der Waals surface area contributed by atoms with Gasteiger partial charge < -0.3 is 14.9 Å². The molecule has 0 saturated heterocycles. The molecule has 1 aromatic heterocycles.